The Morgan fingerprint density at radius 1 is 1.07 bits per heavy atom. The van der Waals surface area contributed by atoms with E-state index in [1.165, 1.54) is 49.0 Å². The molecule has 0 bridgehead atoms. The van der Waals surface area contributed by atoms with Crippen LogP contribution in [0.5, 0.6) is 5.75 Å². The highest BCUT2D eigenvalue weighted by molar-refractivity contribution is 6.25. The van der Waals surface area contributed by atoms with Gasteiger partial charge in [-0.1, -0.05) is 12.1 Å². The van der Waals surface area contributed by atoms with Crippen molar-refractivity contribution in [1.29, 1.82) is 0 Å². The average Bonchev–Trinajstić information content (AvgIpc) is 2.95. The van der Waals surface area contributed by atoms with Gasteiger partial charge in [-0.2, -0.15) is 0 Å². The van der Waals surface area contributed by atoms with E-state index in [0.29, 0.717) is 0 Å². The number of nitrogens with zero attached hydrogens (tertiary/aromatic N) is 4. The summed E-state index contributed by atoms with van der Waals surface area (Å²) in [4.78, 5) is 73.1. The van der Waals surface area contributed by atoms with E-state index in [-0.39, 0.29) is 30.6 Å². The van der Waals surface area contributed by atoms with Crippen molar-refractivity contribution in [3.8, 4) is 5.75 Å². The van der Waals surface area contributed by atoms with Crippen LogP contribution < -0.4 is 5.32 Å². The standard InChI is InChI=1S/C27H33N5O14/c1-26(39)13-5-4-6-16(33)17(13)21(34)18-14(26)11-15-20(29(2)3)22(35)19(24(37)27(15,40)23(18)36)25(38)28-12-30(7-9-45-31(41)42)8-10-46-32(43)44/h4-6,14-15,20,33,35-36,39-40H,7-12H2,1-3H3,(H,28,38)/t14-,15-,20-,26?,27-/m0/s1. The number of phenolic OH excluding ortho intramolecular Hbond substituents is 1. The summed E-state index contributed by atoms with van der Waals surface area (Å²) >= 11 is 0. The Labute approximate surface area is 260 Å². The number of amides is 1. The van der Waals surface area contributed by atoms with E-state index >= 15 is 0 Å². The Morgan fingerprint density at radius 2 is 1.65 bits per heavy atom. The number of likely N-dealkylation sites (N-methyl/N-ethyl adjacent to an activating group) is 1. The zero-order valence-electron chi connectivity index (χ0n) is 24.9. The van der Waals surface area contributed by atoms with Gasteiger partial charge in [0.1, 0.15) is 36.1 Å². The first-order valence-corrected chi connectivity index (χ1v) is 13.9. The fraction of sp³-hybridized carbons (Fsp3) is 0.519. The SMILES string of the molecule is CN(C)[C@@H]1C(O)=C(C(=O)NCN(CCO[N+](=O)[O-])CCO[N+](=O)[O-])C(=O)[C@@]2(O)C(O)=C3C(=O)c4c(O)cccc4C(C)(O)[C@H]3C[C@@H]12. The fourth-order valence-electron chi connectivity index (χ4n) is 6.52. The Morgan fingerprint density at radius 3 is 2.20 bits per heavy atom. The van der Waals surface area contributed by atoms with Crippen LogP contribution >= 0.6 is 0 Å². The van der Waals surface area contributed by atoms with Crippen LogP contribution in [0.4, 0.5) is 0 Å². The number of carbonyl (C=O) groups is 3. The van der Waals surface area contributed by atoms with Crippen molar-refractivity contribution in [2.24, 2.45) is 11.8 Å². The van der Waals surface area contributed by atoms with Gasteiger partial charge in [-0.05, 0) is 39.1 Å². The molecule has 0 spiro atoms. The van der Waals surface area contributed by atoms with E-state index < -0.39 is 105 Å². The van der Waals surface area contributed by atoms with Gasteiger partial charge in [0.25, 0.3) is 16.1 Å². The molecule has 3 aliphatic rings. The lowest BCUT2D eigenvalue weighted by molar-refractivity contribution is -0.758. The van der Waals surface area contributed by atoms with Crippen molar-refractivity contribution >= 4 is 17.5 Å². The molecule has 46 heavy (non-hydrogen) atoms. The fourth-order valence-corrected chi connectivity index (χ4v) is 6.52. The zero-order chi connectivity index (χ0) is 34.3. The highest BCUT2D eigenvalue weighted by atomic mass is 17.0. The number of hydrogen-bond acceptors (Lipinski definition) is 16. The molecule has 0 saturated carbocycles. The third-order valence-corrected chi connectivity index (χ3v) is 8.67. The molecule has 250 valence electrons. The van der Waals surface area contributed by atoms with Gasteiger partial charge in [0.15, 0.2) is 11.4 Å². The van der Waals surface area contributed by atoms with Crippen LogP contribution in [0.25, 0.3) is 0 Å². The second-order valence-corrected chi connectivity index (χ2v) is 11.5. The summed E-state index contributed by atoms with van der Waals surface area (Å²) in [5, 5.41) is 78.1. The van der Waals surface area contributed by atoms with E-state index in [9.17, 15) is 60.1 Å². The molecule has 1 unspecified atom stereocenters. The minimum atomic E-state index is -2.94. The Kier molecular flexibility index (Phi) is 9.25. The minimum Gasteiger partial charge on any atom is -0.510 e. The van der Waals surface area contributed by atoms with Gasteiger partial charge in [-0.25, -0.2) is 0 Å². The molecule has 4 rings (SSSR count). The van der Waals surface area contributed by atoms with Crippen molar-refractivity contribution in [2.45, 2.75) is 30.6 Å². The van der Waals surface area contributed by atoms with Gasteiger partial charge >= 0.3 is 0 Å². The molecular weight excluding hydrogens is 618 g/mol. The lowest BCUT2D eigenvalue weighted by atomic mass is 9.55. The molecule has 0 aromatic heterocycles. The van der Waals surface area contributed by atoms with Gasteiger partial charge in [-0.15, -0.1) is 20.2 Å². The number of hydrogen-bond donors (Lipinski definition) is 6. The van der Waals surface area contributed by atoms with Crippen LogP contribution in [0.1, 0.15) is 29.3 Å². The Bertz CT molecular complexity index is 1520. The Hall–Kier alpha value is -4.85. The highest BCUT2D eigenvalue weighted by Gasteiger charge is 2.65. The summed E-state index contributed by atoms with van der Waals surface area (Å²) < 4.78 is 0. The predicted molar refractivity (Wildman–Crippen MR) is 151 cm³/mol. The molecule has 1 aromatic rings. The van der Waals surface area contributed by atoms with Crippen molar-refractivity contribution < 1.29 is 59.8 Å². The number of carbonyl (C=O) groups excluding carboxylic acids is 3. The summed E-state index contributed by atoms with van der Waals surface area (Å²) in [6.45, 7) is -0.624. The molecule has 0 fully saturated rings. The van der Waals surface area contributed by atoms with E-state index in [1.807, 2.05) is 0 Å². The third-order valence-electron chi connectivity index (χ3n) is 8.67. The van der Waals surface area contributed by atoms with Gasteiger partial charge in [0, 0.05) is 30.5 Å². The molecule has 6 N–H and O–H groups in total. The van der Waals surface area contributed by atoms with Crippen LogP contribution in [0.2, 0.25) is 0 Å². The van der Waals surface area contributed by atoms with Crippen molar-refractivity contribution in [3.63, 3.8) is 0 Å². The number of aliphatic hydroxyl groups is 4. The van der Waals surface area contributed by atoms with Gasteiger partial charge in [0.05, 0.1) is 23.9 Å². The molecule has 1 aromatic carbocycles. The number of aliphatic hydroxyl groups excluding tert-OH is 2. The van der Waals surface area contributed by atoms with Gasteiger partial charge < -0.3 is 40.5 Å². The van der Waals surface area contributed by atoms with Crippen LogP contribution in [0, 0.1) is 32.1 Å². The monoisotopic (exact) mass is 651 g/mol. The maximum Gasteiger partial charge on any atom is 0.294 e. The summed E-state index contributed by atoms with van der Waals surface area (Å²) in [5.74, 6) is -8.66. The van der Waals surface area contributed by atoms with Crippen LogP contribution in [-0.2, 0) is 24.9 Å². The molecule has 19 heteroatoms. The van der Waals surface area contributed by atoms with Crippen LogP contribution in [-0.4, -0.2) is 122 Å². The molecule has 0 aliphatic heterocycles. The second-order valence-electron chi connectivity index (χ2n) is 11.5. The first kappa shape index (κ1) is 34.0. The first-order chi connectivity index (χ1) is 21.5. The van der Waals surface area contributed by atoms with Crippen molar-refractivity contribution in [3.05, 3.63) is 72.2 Å². The second kappa shape index (κ2) is 12.5. The summed E-state index contributed by atoms with van der Waals surface area (Å²) in [5.41, 5.74) is -6.60. The maximum absolute atomic E-state index is 13.9. The quantitative estimate of drug-likeness (QED) is 0.0691. The van der Waals surface area contributed by atoms with Crippen LogP contribution in [0.3, 0.4) is 0 Å². The molecule has 0 radical (unpaired) electrons. The third kappa shape index (κ3) is 5.68. The number of fused-ring (bicyclic) bond motifs is 3. The highest BCUT2D eigenvalue weighted by Crippen LogP contribution is 2.56. The molecule has 19 nitrogen and oxygen atoms in total. The van der Waals surface area contributed by atoms with Gasteiger partial charge in [-0.3, -0.25) is 24.2 Å². The number of phenols is 1. The van der Waals surface area contributed by atoms with E-state index in [4.69, 9.17) is 0 Å². The average molecular weight is 652 g/mol. The summed E-state index contributed by atoms with van der Waals surface area (Å²) in [6, 6.07) is 2.73. The van der Waals surface area contributed by atoms with E-state index in [1.54, 1.807) is 0 Å². The number of Topliss-reactive ketones (excluding diaryl/α,β-unsaturated/α-hetero) is 2. The number of aromatic hydroxyl groups is 1. The maximum atomic E-state index is 13.9. The smallest absolute Gasteiger partial charge is 0.294 e. The van der Waals surface area contributed by atoms with Gasteiger partial charge in [0.2, 0.25) is 5.78 Å². The van der Waals surface area contributed by atoms with Crippen molar-refractivity contribution in [1.82, 2.24) is 15.1 Å². The first-order valence-electron chi connectivity index (χ1n) is 13.9. The number of rotatable bonds is 12. The minimum absolute atomic E-state index is 0.0598. The number of ketones is 2. The summed E-state index contributed by atoms with van der Waals surface area (Å²) in [6.07, 6.45) is -0.321. The lowest BCUT2D eigenvalue weighted by Crippen LogP contribution is -2.65. The Balaban J connectivity index is 1.71. The lowest BCUT2D eigenvalue weighted by Gasteiger charge is -2.52. The number of benzene rings is 1. The molecule has 5 atom stereocenters. The normalized spacial score (nSPS) is 27.2. The predicted octanol–water partition coefficient (Wildman–Crippen LogP) is -0.907. The number of nitrogens with one attached hydrogen (secondary N) is 1. The molecule has 0 heterocycles. The van der Waals surface area contributed by atoms with E-state index in [0.717, 1.165) is 0 Å². The zero-order valence-corrected chi connectivity index (χ0v) is 24.9. The van der Waals surface area contributed by atoms with Crippen molar-refractivity contribution in [2.75, 3.05) is 47.1 Å². The molecule has 1 amide bonds. The van der Waals surface area contributed by atoms with Crippen LogP contribution in [0.15, 0.2) is 40.9 Å². The largest absolute Gasteiger partial charge is 0.510 e. The molecule has 0 saturated heterocycles. The molecule has 3 aliphatic carbocycles. The summed E-state index contributed by atoms with van der Waals surface area (Å²) in [7, 11) is 2.93. The van der Waals surface area contributed by atoms with E-state index in [2.05, 4.69) is 15.0 Å². The topological polar surface area (TPSA) is 276 Å². The molecular formula is C27H33N5O14.